The van der Waals surface area contributed by atoms with Crippen molar-refractivity contribution in [3.05, 3.63) is 128 Å². The number of rotatable bonds is 15. The first-order valence-corrected chi connectivity index (χ1v) is 18.7. The molecule has 2 N–H and O–H groups in total. The van der Waals surface area contributed by atoms with E-state index in [1.54, 1.807) is 11.0 Å². The summed E-state index contributed by atoms with van der Waals surface area (Å²) in [5.74, 6) is -0.538. The monoisotopic (exact) mass is 834 g/mol. The van der Waals surface area contributed by atoms with Crippen LogP contribution in [0.3, 0.4) is 0 Å². The van der Waals surface area contributed by atoms with Gasteiger partial charge in [0, 0.05) is 34.1 Å². The number of carbonyl (C=O) groups is 4. The number of primary amides is 1. The van der Waals surface area contributed by atoms with Gasteiger partial charge in [0.15, 0.2) is 11.5 Å². The number of hydrogen-bond acceptors (Lipinski definition) is 6. The lowest BCUT2D eigenvalue weighted by atomic mass is 9.88. The number of nitrogens with zero attached hydrogens (tertiary/aromatic N) is 3. The molecule has 52 heavy (non-hydrogen) atoms. The van der Waals surface area contributed by atoms with Gasteiger partial charge in [0.1, 0.15) is 6.04 Å². The van der Waals surface area contributed by atoms with Gasteiger partial charge in [-0.15, -0.1) is 0 Å². The molecule has 0 saturated carbocycles. The van der Waals surface area contributed by atoms with Gasteiger partial charge in [-0.1, -0.05) is 90.5 Å². The fourth-order valence-electron chi connectivity index (χ4n) is 6.88. The summed E-state index contributed by atoms with van der Waals surface area (Å²) >= 11 is 8.69. The Kier molecular flexibility index (Phi) is 12.3. The standard InChI is InChI=1S/C40H40ClIN4O6/c41-33-22-31(42)15-14-29(33)16-20-45-25-38(49)46(21-18-32(27-8-3-1-4-9-27)28-10-5-2-6-11-28)34(40(45)50)23-37(48)44(24-36(43)47)19-17-30-12-7-13-35-39(30)52-26-51-35/h1-15,22,32,34H,16-21,23-26H2,(H2,43,47). The first kappa shape index (κ1) is 37.1. The van der Waals surface area contributed by atoms with Gasteiger partial charge in [-0.2, -0.15) is 0 Å². The molecule has 0 bridgehead atoms. The number of para-hydroxylation sites is 1. The molecule has 270 valence electrons. The lowest BCUT2D eigenvalue weighted by molar-refractivity contribution is -0.158. The van der Waals surface area contributed by atoms with Crippen molar-refractivity contribution in [2.75, 3.05) is 39.5 Å². The molecule has 2 aliphatic heterocycles. The molecule has 6 rings (SSSR count). The van der Waals surface area contributed by atoms with Crippen molar-refractivity contribution in [2.24, 2.45) is 5.73 Å². The maximum absolute atomic E-state index is 14.3. The van der Waals surface area contributed by atoms with Crippen molar-refractivity contribution in [3.63, 3.8) is 0 Å². The summed E-state index contributed by atoms with van der Waals surface area (Å²) < 4.78 is 12.1. The fraction of sp³-hybridized carbons (Fsp3) is 0.300. The number of benzene rings is 4. The molecule has 10 nitrogen and oxygen atoms in total. The Hall–Kier alpha value is -4.62. The van der Waals surface area contributed by atoms with E-state index < -0.39 is 17.9 Å². The number of amides is 4. The molecule has 1 unspecified atom stereocenters. The highest BCUT2D eigenvalue weighted by molar-refractivity contribution is 14.1. The first-order valence-electron chi connectivity index (χ1n) is 17.2. The molecule has 1 fully saturated rings. The summed E-state index contributed by atoms with van der Waals surface area (Å²) in [6, 6.07) is 30.2. The highest BCUT2D eigenvalue weighted by atomic mass is 127. The predicted octanol–water partition coefficient (Wildman–Crippen LogP) is 5.42. The van der Waals surface area contributed by atoms with E-state index in [1.165, 1.54) is 9.80 Å². The molecule has 4 aromatic rings. The molecule has 4 amide bonds. The van der Waals surface area contributed by atoms with E-state index in [2.05, 4.69) is 46.9 Å². The van der Waals surface area contributed by atoms with Gasteiger partial charge in [0.2, 0.25) is 30.4 Å². The quantitative estimate of drug-likeness (QED) is 0.160. The van der Waals surface area contributed by atoms with Crippen LogP contribution in [-0.2, 0) is 32.0 Å². The number of nitrogens with two attached hydrogens (primary N) is 1. The van der Waals surface area contributed by atoms with Gasteiger partial charge in [0.25, 0.3) is 0 Å². The average molecular weight is 835 g/mol. The molecule has 0 spiro atoms. The maximum atomic E-state index is 14.3. The van der Waals surface area contributed by atoms with Crippen molar-refractivity contribution < 1.29 is 28.7 Å². The van der Waals surface area contributed by atoms with Crippen LogP contribution in [-0.4, -0.2) is 83.9 Å². The second-order valence-electron chi connectivity index (χ2n) is 12.9. The summed E-state index contributed by atoms with van der Waals surface area (Å²) in [6.07, 6.45) is 1.04. The molecule has 4 aromatic carbocycles. The SMILES string of the molecule is NC(=O)CN(CCc1cccc2c1OCO2)C(=O)CC1C(=O)N(CCc2ccc(I)cc2Cl)CC(=O)N1CCC(c1ccccc1)c1ccccc1. The third-order valence-corrected chi connectivity index (χ3v) is 10.6. The summed E-state index contributed by atoms with van der Waals surface area (Å²) in [4.78, 5) is 59.0. The van der Waals surface area contributed by atoms with E-state index in [4.69, 9.17) is 26.8 Å². The number of halogens is 2. The van der Waals surface area contributed by atoms with Crippen LogP contribution >= 0.6 is 34.2 Å². The minimum absolute atomic E-state index is 0.0483. The number of piperazine rings is 1. The van der Waals surface area contributed by atoms with Crippen LogP contribution in [0, 0.1) is 3.57 Å². The Labute approximate surface area is 321 Å². The second-order valence-corrected chi connectivity index (χ2v) is 14.6. The van der Waals surface area contributed by atoms with Crippen LogP contribution in [0.25, 0.3) is 0 Å². The first-order chi connectivity index (χ1) is 25.2. The van der Waals surface area contributed by atoms with Crippen molar-refractivity contribution >= 4 is 57.8 Å². The zero-order valence-corrected chi connectivity index (χ0v) is 31.5. The smallest absolute Gasteiger partial charge is 0.246 e. The normalized spacial score (nSPS) is 15.3. The van der Waals surface area contributed by atoms with Gasteiger partial charge in [-0.25, -0.2) is 0 Å². The summed E-state index contributed by atoms with van der Waals surface area (Å²) in [6.45, 7) is 0.308. The summed E-state index contributed by atoms with van der Waals surface area (Å²) in [5.41, 5.74) is 9.45. The minimum Gasteiger partial charge on any atom is -0.454 e. The van der Waals surface area contributed by atoms with E-state index in [0.29, 0.717) is 35.8 Å². The molecule has 2 aliphatic rings. The third kappa shape index (κ3) is 9.05. The fourth-order valence-corrected chi connectivity index (χ4v) is 7.83. The lowest BCUT2D eigenvalue weighted by Gasteiger charge is -2.41. The number of fused-ring (bicyclic) bond motifs is 1. The lowest BCUT2D eigenvalue weighted by Crippen LogP contribution is -2.61. The Morgan fingerprint density at radius 2 is 1.60 bits per heavy atom. The molecule has 2 heterocycles. The molecule has 1 atom stereocenters. The van der Waals surface area contributed by atoms with Crippen LogP contribution in [0.15, 0.2) is 97.1 Å². The van der Waals surface area contributed by atoms with E-state index in [-0.39, 0.29) is 63.7 Å². The Bertz CT molecular complexity index is 1870. The van der Waals surface area contributed by atoms with Crippen molar-refractivity contribution in [2.45, 2.75) is 37.6 Å². The topological polar surface area (TPSA) is 122 Å². The van der Waals surface area contributed by atoms with E-state index >= 15 is 0 Å². The molecule has 0 aromatic heterocycles. The Balaban J connectivity index is 1.24. The largest absolute Gasteiger partial charge is 0.454 e. The van der Waals surface area contributed by atoms with Crippen LogP contribution < -0.4 is 15.2 Å². The Morgan fingerprint density at radius 3 is 2.27 bits per heavy atom. The third-order valence-electron chi connectivity index (χ3n) is 9.54. The van der Waals surface area contributed by atoms with Crippen LogP contribution in [0.4, 0.5) is 0 Å². The van der Waals surface area contributed by atoms with E-state index in [9.17, 15) is 19.2 Å². The summed E-state index contributed by atoms with van der Waals surface area (Å²) in [5, 5.41) is 0.590. The molecule has 12 heteroatoms. The van der Waals surface area contributed by atoms with Gasteiger partial charge in [-0.3, -0.25) is 19.2 Å². The highest BCUT2D eigenvalue weighted by Gasteiger charge is 2.41. The van der Waals surface area contributed by atoms with Crippen molar-refractivity contribution in [1.29, 1.82) is 0 Å². The number of hydrogen-bond donors (Lipinski definition) is 1. The predicted molar refractivity (Wildman–Crippen MR) is 206 cm³/mol. The molecule has 1 saturated heterocycles. The van der Waals surface area contributed by atoms with Crippen LogP contribution in [0.1, 0.15) is 41.0 Å². The molecule has 0 aliphatic carbocycles. The molecular weight excluding hydrogens is 795 g/mol. The van der Waals surface area contributed by atoms with Crippen molar-refractivity contribution in [3.8, 4) is 11.5 Å². The van der Waals surface area contributed by atoms with E-state index in [1.807, 2.05) is 66.7 Å². The van der Waals surface area contributed by atoms with Gasteiger partial charge >= 0.3 is 0 Å². The highest BCUT2D eigenvalue weighted by Crippen LogP contribution is 2.36. The minimum atomic E-state index is -1.07. The summed E-state index contributed by atoms with van der Waals surface area (Å²) in [7, 11) is 0. The number of carbonyl (C=O) groups excluding carboxylic acids is 4. The zero-order valence-electron chi connectivity index (χ0n) is 28.6. The number of ether oxygens (including phenoxy) is 2. The van der Waals surface area contributed by atoms with Gasteiger partial charge in [0.05, 0.1) is 19.5 Å². The zero-order chi connectivity index (χ0) is 36.6. The molecular formula is C40H40ClIN4O6. The van der Waals surface area contributed by atoms with E-state index in [0.717, 1.165) is 25.8 Å². The second kappa shape index (κ2) is 17.3. The average Bonchev–Trinajstić information content (AvgIpc) is 3.63. The van der Waals surface area contributed by atoms with Gasteiger partial charge in [-0.05, 0) is 82.3 Å². The maximum Gasteiger partial charge on any atom is 0.246 e. The molecule has 0 radical (unpaired) electrons. The van der Waals surface area contributed by atoms with Crippen LogP contribution in [0.2, 0.25) is 5.02 Å². The van der Waals surface area contributed by atoms with Gasteiger partial charge < -0.3 is 29.9 Å². The Morgan fingerprint density at radius 1 is 0.885 bits per heavy atom. The van der Waals surface area contributed by atoms with Crippen molar-refractivity contribution in [1.82, 2.24) is 14.7 Å². The van der Waals surface area contributed by atoms with Crippen LogP contribution in [0.5, 0.6) is 11.5 Å².